The number of aromatic nitrogens is 1. The highest BCUT2D eigenvalue weighted by Crippen LogP contribution is 2.22. The third kappa shape index (κ3) is 2.97. The smallest absolute Gasteiger partial charge is 0.274 e. The number of anilines is 1. The molecule has 2 heterocycles. The van der Waals surface area contributed by atoms with Crippen LogP contribution in [-0.4, -0.2) is 40.1 Å². The number of likely N-dealkylation sites (tertiary alicyclic amines) is 1. The van der Waals surface area contributed by atoms with Crippen LogP contribution in [0.15, 0.2) is 12.1 Å². The quantitative estimate of drug-likeness (QED) is 0.553. The van der Waals surface area contributed by atoms with E-state index in [-0.39, 0.29) is 23.6 Å². The maximum absolute atomic E-state index is 12.4. The lowest BCUT2D eigenvalue weighted by molar-refractivity contribution is 0.0294. The molecule has 0 aliphatic carbocycles. The molecule has 0 bridgehead atoms. The zero-order valence-electron chi connectivity index (χ0n) is 10.6. The Hall–Kier alpha value is -1.37. The van der Waals surface area contributed by atoms with Crippen LogP contribution in [0.4, 0.5) is 5.82 Å². The van der Waals surface area contributed by atoms with Crippen LogP contribution in [0, 0.1) is 5.92 Å². The van der Waals surface area contributed by atoms with Gasteiger partial charge in [-0.1, -0.05) is 18.5 Å². The normalized spacial score (nSPS) is 23.3. The summed E-state index contributed by atoms with van der Waals surface area (Å²) in [7, 11) is 0. The summed E-state index contributed by atoms with van der Waals surface area (Å²) >= 11 is 6.00. The first-order chi connectivity index (χ1) is 9.02. The van der Waals surface area contributed by atoms with Crippen molar-refractivity contribution in [3.05, 3.63) is 22.8 Å². The molecule has 6 nitrogen and oxygen atoms in total. The minimum Gasteiger partial charge on any atom is -0.393 e. The molecular formula is C12H17ClN4O2. The van der Waals surface area contributed by atoms with E-state index >= 15 is 0 Å². The van der Waals surface area contributed by atoms with Crippen molar-refractivity contribution in [1.82, 2.24) is 9.88 Å². The van der Waals surface area contributed by atoms with Crippen LogP contribution in [0.1, 0.15) is 23.8 Å². The molecular weight excluding hydrogens is 268 g/mol. The largest absolute Gasteiger partial charge is 0.393 e. The van der Waals surface area contributed by atoms with Gasteiger partial charge < -0.3 is 15.4 Å². The van der Waals surface area contributed by atoms with Gasteiger partial charge in [-0.05, 0) is 24.5 Å². The van der Waals surface area contributed by atoms with Gasteiger partial charge in [0.1, 0.15) is 11.5 Å². The van der Waals surface area contributed by atoms with Gasteiger partial charge in [0, 0.05) is 13.1 Å². The molecule has 0 saturated carbocycles. The van der Waals surface area contributed by atoms with E-state index in [0.717, 1.165) is 0 Å². The number of nitrogens with zero attached hydrogens (tertiary/aromatic N) is 2. The van der Waals surface area contributed by atoms with Crippen molar-refractivity contribution in [3.63, 3.8) is 0 Å². The van der Waals surface area contributed by atoms with Crippen molar-refractivity contribution >= 4 is 23.3 Å². The molecule has 1 fully saturated rings. The molecule has 1 aliphatic rings. The van der Waals surface area contributed by atoms with Crippen LogP contribution < -0.4 is 11.3 Å². The number of nitrogens with two attached hydrogens (primary N) is 1. The number of hydrogen-bond acceptors (Lipinski definition) is 5. The van der Waals surface area contributed by atoms with Crippen molar-refractivity contribution in [3.8, 4) is 0 Å². The molecule has 1 aromatic heterocycles. The molecule has 1 aliphatic heterocycles. The number of nitrogens with one attached hydrogen (secondary N) is 1. The van der Waals surface area contributed by atoms with Crippen LogP contribution in [0.2, 0.25) is 5.02 Å². The molecule has 2 rings (SSSR count). The van der Waals surface area contributed by atoms with E-state index in [1.54, 1.807) is 17.0 Å². The van der Waals surface area contributed by atoms with Gasteiger partial charge in [0.2, 0.25) is 0 Å². The summed E-state index contributed by atoms with van der Waals surface area (Å²) in [6.45, 7) is 2.91. The molecule has 4 N–H and O–H groups in total. The number of hydrogen-bond donors (Lipinski definition) is 3. The van der Waals surface area contributed by atoms with E-state index in [1.807, 2.05) is 6.92 Å². The Morgan fingerprint density at radius 3 is 3.00 bits per heavy atom. The summed E-state index contributed by atoms with van der Waals surface area (Å²) in [6, 6.07) is 3.18. The molecule has 1 amide bonds. The van der Waals surface area contributed by atoms with Gasteiger partial charge in [-0.15, -0.1) is 0 Å². The lowest BCUT2D eigenvalue weighted by atomic mass is 9.96. The van der Waals surface area contributed by atoms with Gasteiger partial charge in [-0.2, -0.15) is 0 Å². The Labute approximate surface area is 116 Å². The highest BCUT2D eigenvalue weighted by Gasteiger charge is 2.29. The molecule has 1 aromatic rings. The Morgan fingerprint density at radius 1 is 1.63 bits per heavy atom. The van der Waals surface area contributed by atoms with E-state index in [0.29, 0.717) is 30.4 Å². The highest BCUT2D eigenvalue weighted by molar-refractivity contribution is 6.33. The number of piperidine rings is 1. The molecule has 0 spiro atoms. The summed E-state index contributed by atoms with van der Waals surface area (Å²) in [5.74, 6) is 5.47. The van der Waals surface area contributed by atoms with E-state index in [2.05, 4.69) is 10.4 Å². The molecule has 104 valence electrons. The predicted molar refractivity (Wildman–Crippen MR) is 72.7 cm³/mol. The van der Waals surface area contributed by atoms with Gasteiger partial charge >= 0.3 is 0 Å². The zero-order valence-corrected chi connectivity index (χ0v) is 11.4. The molecule has 2 unspecified atom stereocenters. The minimum absolute atomic E-state index is 0.0484. The Bertz CT molecular complexity index is 483. The third-order valence-corrected chi connectivity index (χ3v) is 3.65. The number of amides is 1. The number of nitrogen functional groups attached to an aromatic ring is 1. The lowest BCUT2D eigenvalue weighted by Crippen LogP contribution is -2.45. The summed E-state index contributed by atoms with van der Waals surface area (Å²) in [4.78, 5) is 18.1. The average molecular weight is 285 g/mol. The summed E-state index contributed by atoms with van der Waals surface area (Å²) in [5, 5.41) is 9.97. The van der Waals surface area contributed by atoms with Crippen LogP contribution in [-0.2, 0) is 0 Å². The van der Waals surface area contributed by atoms with Gasteiger partial charge in [0.15, 0.2) is 0 Å². The number of hydrazine groups is 1. The Balaban J connectivity index is 2.20. The van der Waals surface area contributed by atoms with Gasteiger partial charge in [-0.3, -0.25) is 4.79 Å². The molecule has 1 saturated heterocycles. The predicted octanol–water partition coefficient (Wildman–Crippen LogP) is 0.863. The second kappa shape index (κ2) is 5.73. The number of halogens is 1. The second-order valence-corrected chi connectivity index (χ2v) is 5.16. The Morgan fingerprint density at radius 2 is 2.37 bits per heavy atom. The number of carbonyl (C=O) groups excluding carboxylic acids is 1. The van der Waals surface area contributed by atoms with Gasteiger partial charge in [0.25, 0.3) is 5.91 Å². The van der Waals surface area contributed by atoms with E-state index < -0.39 is 0 Å². The van der Waals surface area contributed by atoms with Crippen molar-refractivity contribution in [1.29, 1.82) is 0 Å². The summed E-state index contributed by atoms with van der Waals surface area (Å²) < 4.78 is 0. The highest BCUT2D eigenvalue weighted by atomic mass is 35.5. The molecule has 0 aromatic carbocycles. The summed E-state index contributed by atoms with van der Waals surface area (Å²) in [5.41, 5.74) is 2.57. The first kappa shape index (κ1) is 14.0. The van der Waals surface area contributed by atoms with Crippen molar-refractivity contribution < 1.29 is 9.90 Å². The number of carbonyl (C=O) groups is 1. The third-order valence-electron chi connectivity index (χ3n) is 3.34. The number of pyridine rings is 1. The fourth-order valence-electron chi connectivity index (χ4n) is 2.14. The average Bonchev–Trinajstić information content (AvgIpc) is 2.41. The number of rotatable bonds is 2. The van der Waals surface area contributed by atoms with Crippen LogP contribution >= 0.6 is 11.6 Å². The lowest BCUT2D eigenvalue weighted by Gasteiger charge is -2.34. The van der Waals surface area contributed by atoms with Crippen LogP contribution in [0.5, 0.6) is 0 Å². The molecule has 19 heavy (non-hydrogen) atoms. The topological polar surface area (TPSA) is 91.5 Å². The number of aliphatic hydroxyl groups excluding tert-OH is 1. The maximum Gasteiger partial charge on any atom is 0.274 e. The Kier molecular flexibility index (Phi) is 4.24. The minimum atomic E-state index is -0.357. The fourth-order valence-corrected chi connectivity index (χ4v) is 2.33. The van der Waals surface area contributed by atoms with E-state index in [4.69, 9.17) is 17.4 Å². The molecule has 0 radical (unpaired) electrons. The zero-order chi connectivity index (χ0) is 14.0. The standard InChI is InChI=1S/C12H17ClN4O2/c1-7-6-17(5-4-9(7)18)12(19)11-8(13)2-3-10(15-11)16-14/h2-3,7,9,18H,4-6,14H2,1H3,(H,15,16). The van der Waals surface area contributed by atoms with Crippen molar-refractivity contribution in [2.45, 2.75) is 19.4 Å². The SMILES string of the molecule is CC1CN(C(=O)c2nc(NN)ccc2Cl)CCC1O. The van der Waals surface area contributed by atoms with Crippen molar-refractivity contribution in [2.24, 2.45) is 11.8 Å². The van der Waals surface area contributed by atoms with Crippen LogP contribution in [0.3, 0.4) is 0 Å². The van der Waals surface area contributed by atoms with Gasteiger partial charge in [-0.25, -0.2) is 10.8 Å². The fraction of sp³-hybridized carbons (Fsp3) is 0.500. The first-order valence-corrected chi connectivity index (χ1v) is 6.51. The monoisotopic (exact) mass is 284 g/mol. The molecule has 2 atom stereocenters. The van der Waals surface area contributed by atoms with E-state index in [9.17, 15) is 9.90 Å². The van der Waals surface area contributed by atoms with Crippen molar-refractivity contribution in [2.75, 3.05) is 18.5 Å². The maximum atomic E-state index is 12.4. The second-order valence-electron chi connectivity index (χ2n) is 4.76. The van der Waals surface area contributed by atoms with Crippen LogP contribution in [0.25, 0.3) is 0 Å². The summed E-state index contributed by atoms with van der Waals surface area (Å²) in [6.07, 6.45) is 0.212. The number of aliphatic hydroxyl groups is 1. The first-order valence-electron chi connectivity index (χ1n) is 6.13. The molecule has 7 heteroatoms. The van der Waals surface area contributed by atoms with E-state index in [1.165, 1.54) is 0 Å². The van der Waals surface area contributed by atoms with Gasteiger partial charge in [0.05, 0.1) is 11.1 Å².